The Bertz CT molecular complexity index is 571. The third kappa shape index (κ3) is 6.07. The first-order valence-electron chi connectivity index (χ1n) is 9.18. The maximum absolute atomic E-state index is 12.1. The summed E-state index contributed by atoms with van der Waals surface area (Å²) in [5.41, 5.74) is 1.00. The van der Waals surface area contributed by atoms with Gasteiger partial charge in [-0.3, -0.25) is 9.59 Å². The van der Waals surface area contributed by atoms with Crippen molar-refractivity contribution in [2.75, 3.05) is 7.11 Å². The van der Waals surface area contributed by atoms with Crippen LogP contribution in [0.4, 0.5) is 0 Å². The number of methoxy groups -OCH3 is 1. The zero-order chi connectivity index (χ0) is 18.2. The van der Waals surface area contributed by atoms with E-state index in [1.807, 2.05) is 24.3 Å². The molecule has 1 fully saturated rings. The van der Waals surface area contributed by atoms with Crippen LogP contribution in [0, 0.1) is 11.8 Å². The van der Waals surface area contributed by atoms with Crippen LogP contribution in [0.2, 0.25) is 0 Å². The third-order valence-electron chi connectivity index (χ3n) is 5.28. The summed E-state index contributed by atoms with van der Waals surface area (Å²) >= 11 is 0. The topological polar surface area (TPSA) is 67.4 Å². The molecule has 0 aromatic heterocycles. The largest absolute Gasteiger partial charge is 0.497 e. The van der Waals surface area contributed by atoms with Crippen molar-refractivity contribution >= 4 is 11.8 Å². The molecule has 2 N–H and O–H groups in total. The Kier molecular flexibility index (Phi) is 7.29. The maximum atomic E-state index is 12.1. The van der Waals surface area contributed by atoms with Crippen molar-refractivity contribution in [3.05, 3.63) is 29.8 Å². The molecule has 3 atom stereocenters. The third-order valence-corrected chi connectivity index (χ3v) is 5.28. The minimum Gasteiger partial charge on any atom is -0.497 e. The number of nitrogens with one attached hydrogen (secondary N) is 2. The number of rotatable bonds is 7. The quantitative estimate of drug-likeness (QED) is 0.797. The highest BCUT2D eigenvalue weighted by Gasteiger charge is 2.28. The molecular weight excluding hydrogens is 316 g/mol. The molecule has 0 spiro atoms. The highest BCUT2D eigenvalue weighted by molar-refractivity contribution is 5.83. The molecular formula is C20H30N2O3. The zero-order valence-corrected chi connectivity index (χ0v) is 15.5. The highest BCUT2D eigenvalue weighted by Crippen LogP contribution is 2.29. The van der Waals surface area contributed by atoms with E-state index in [1.54, 1.807) is 7.11 Å². The summed E-state index contributed by atoms with van der Waals surface area (Å²) in [6.45, 7) is 4.91. The summed E-state index contributed by atoms with van der Waals surface area (Å²) in [5, 5.41) is 5.96. The fourth-order valence-electron chi connectivity index (χ4n) is 3.32. The summed E-state index contributed by atoms with van der Waals surface area (Å²) in [7, 11) is 1.62. The van der Waals surface area contributed by atoms with Crippen LogP contribution in [0.5, 0.6) is 5.75 Å². The number of hydrogen-bond donors (Lipinski definition) is 2. The second-order valence-corrected chi connectivity index (χ2v) is 7.07. The number of hydrogen-bond acceptors (Lipinski definition) is 3. The van der Waals surface area contributed by atoms with Gasteiger partial charge < -0.3 is 15.4 Å². The first-order valence-corrected chi connectivity index (χ1v) is 9.18. The van der Waals surface area contributed by atoms with Crippen LogP contribution in [-0.2, 0) is 16.1 Å². The van der Waals surface area contributed by atoms with Gasteiger partial charge in [0.2, 0.25) is 11.8 Å². The second kappa shape index (κ2) is 9.44. The van der Waals surface area contributed by atoms with E-state index >= 15 is 0 Å². The van der Waals surface area contributed by atoms with Crippen LogP contribution >= 0.6 is 0 Å². The summed E-state index contributed by atoms with van der Waals surface area (Å²) in [6.07, 6.45) is 3.91. The SMILES string of the molecule is COc1ccc(CNC(=O)CCC(=O)NC2CCCC(C)C2C)cc1. The van der Waals surface area contributed by atoms with Crippen LogP contribution in [0.1, 0.15) is 51.5 Å². The van der Waals surface area contributed by atoms with Crippen LogP contribution < -0.4 is 15.4 Å². The monoisotopic (exact) mass is 346 g/mol. The molecule has 1 saturated carbocycles. The van der Waals surface area contributed by atoms with E-state index in [-0.39, 0.29) is 30.7 Å². The van der Waals surface area contributed by atoms with Crippen molar-refractivity contribution in [1.29, 1.82) is 0 Å². The highest BCUT2D eigenvalue weighted by atomic mass is 16.5. The molecule has 0 radical (unpaired) electrons. The standard InChI is InChI=1S/C20H30N2O3/c1-14-5-4-6-18(15(14)2)22-20(24)12-11-19(23)21-13-16-7-9-17(25-3)10-8-16/h7-10,14-15,18H,4-6,11-13H2,1-3H3,(H,21,23)(H,22,24). The lowest BCUT2D eigenvalue weighted by Crippen LogP contribution is -2.43. The van der Waals surface area contributed by atoms with Gasteiger partial charge in [-0.05, 0) is 36.0 Å². The zero-order valence-electron chi connectivity index (χ0n) is 15.5. The molecule has 1 aromatic rings. The van der Waals surface area contributed by atoms with E-state index < -0.39 is 0 Å². The van der Waals surface area contributed by atoms with Gasteiger partial charge in [0.25, 0.3) is 0 Å². The molecule has 1 aliphatic rings. The van der Waals surface area contributed by atoms with Gasteiger partial charge in [0.15, 0.2) is 0 Å². The number of ether oxygens (including phenoxy) is 1. The molecule has 1 aliphatic carbocycles. The Labute approximate surface area is 150 Å². The molecule has 2 amide bonds. The predicted molar refractivity (Wildman–Crippen MR) is 98.2 cm³/mol. The summed E-state index contributed by atoms with van der Waals surface area (Å²) in [5.74, 6) is 1.81. The van der Waals surface area contributed by atoms with Gasteiger partial charge in [-0.1, -0.05) is 38.8 Å². The lowest BCUT2D eigenvalue weighted by molar-refractivity contribution is -0.127. The molecule has 0 heterocycles. The van der Waals surface area contributed by atoms with E-state index in [0.29, 0.717) is 18.4 Å². The van der Waals surface area contributed by atoms with Gasteiger partial charge in [-0.25, -0.2) is 0 Å². The van der Waals surface area contributed by atoms with E-state index in [9.17, 15) is 9.59 Å². The van der Waals surface area contributed by atoms with Crippen molar-refractivity contribution in [3.63, 3.8) is 0 Å². The smallest absolute Gasteiger partial charge is 0.220 e. The van der Waals surface area contributed by atoms with E-state index in [2.05, 4.69) is 24.5 Å². The van der Waals surface area contributed by atoms with Crippen molar-refractivity contribution in [1.82, 2.24) is 10.6 Å². The first-order chi connectivity index (χ1) is 12.0. The predicted octanol–water partition coefficient (Wildman–Crippen LogP) is 3.03. The summed E-state index contributed by atoms with van der Waals surface area (Å²) in [4.78, 5) is 24.0. The van der Waals surface area contributed by atoms with Gasteiger partial charge >= 0.3 is 0 Å². The van der Waals surface area contributed by atoms with Gasteiger partial charge in [0, 0.05) is 25.4 Å². The number of carbonyl (C=O) groups is 2. The molecule has 25 heavy (non-hydrogen) atoms. The Morgan fingerprint density at radius 1 is 1.08 bits per heavy atom. The molecule has 1 aromatic carbocycles. The normalized spacial score (nSPS) is 22.9. The van der Waals surface area contributed by atoms with Crippen molar-refractivity contribution in [2.24, 2.45) is 11.8 Å². The molecule has 3 unspecified atom stereocenters. The average molecular weight is 346 g/mol. The van der Waals surface area contributed by atoms with Gasteiger partial charge in [-0.15, -0.1) is 0 Å². The molecule has 0 saturated heterocycles. The summed E-state index contributed by atoms with van der Waals surface area (Å²) < 4.78 is 5.10. The molecule has 138 valence electrons. The lowest BCUT2D eigenvalue weighted by Gasteiger charge is -2.34. The van der Waals surface area contributed by atoms with Crippen molar-refractivity contribution in [3.8, 4) is 5.75 Å². The Morgan fingerprint density at radius 3 is 2.44 bits per heavy atom. The Balaban J connectivity index is 1.67. The first kappa shape index (κ1) is 19.3. The van der Waals surface area contributed by atoms with Crippen LogP contribution in [0.15, 0.2) is 24.3 Å². The minimum atomic E-state index is -0.101. The number of benzene rings is 1. The van der Waals surface area contributed by atoms with Crippen LogP contribution in [0.25, 0.3) is 0 Å². The Morgan fingerprint density at radius 2 is 1.76 bits per heavy atom. The molecule has 5 heteroatoms. The summed E-state index contributed by atoms with van der Waals surface area (Å²) in [6, 6.07) is 7.80. The average Bonchev–Trinajstić information content (AvgIpc) is 2.62. The van der Waals surface area contributed by atoms with Crippen LogP contribution in [0.3, 0.4) is 0 Å². The molecule has 0 bridgehead atoms. The molecule has 2 rings (SSSR count). The molecule has 0 aliphatic heterocycles. The van der Waals surface area contributed by atoms with E-state index in [1.165, 1.54) is 12.8 Å². The minimum absolute atomic E-state index is 0.0226. The number of amides is 2. The number of carbonyl (C=O) groups excluding carboxylic acids is 2. The van der Waals surface area contributed by atoms with Crippen molar-refractivity contribution in [2.45, 2.75) is 58.5 Å². The van der Waals surface area contributed by atoms with Crippen molar-refractivity contribution < 1.29 is 14.3 Å². The fourth-order valence-corrected chi connectivity index (χ4v) is 3.32. The van der Waals surface area contributed by atoms with E-state index in [0.717, 1.165) is 17.7 Å². The van der Waals surface area contributed by atoms with E-state index in [4.69, 9.17) is 4.74 Å². The Hall–Kier alpha value is -2.04. The van der Waals surface area contributed by atoms with Crippen LogP contribution in [-0.4, -0.2) is 25.0 Å². The van der Waals surface area contributed by atoms with Gasteiger partial charge in [0.05, 0.1) is 7.11 Å². The van der Waals surface area contributed by atoms with Gasteiger partial charge in [0.1, 0.15) is 5.75 Å². The lowest BCUT2D eigenvalue weighted by atomic mass is 9.78. The fraction of sp³-hybridized carbons (Fsp3) is 0.600. The van der Waals surface area contributed by atoms with Gasteiger partial charge in [-0.2, -0.15) is 0 Å². The molecule has 5 nitrogen and oxygen atoms in total. The second-order valence-electron chi connectivity index (χ2n) is 7.07. The maximum Gasteiger partial charge on any atom is 0.220 e.